The Kier molecular flexibility index (Phi) is 5.03. The lowest BCUT2D eigenvalue weighted by Crippen LogP contribution is -2.26. The van der Waals surface area contributed by atoms with E-state index in [0.29, 0.717) is 0 Å². The summed E-state index contributed by atoms with van der Waals surface area (Å²) in [6.07, 6.45) is 0. The Labute approximate surface area is 65.4 Å². The first-order chi connectivity index (χ1) is 4.72. The lowest BCUT2D eigenvalue weighted by molar-refractivity contribution is 0.426. The maximum Gasteiger partial charge on any atom is 0.0349 e. The van der Waals surface area contributed by atoms with Crippen LogP contribution in [-0.2, 0) is 0 Å². The predicted molar refractivity (Wildman–Crippen MR) is 48.1 cm³/mol. The van der Waals surface area contributed by atoms with Crippen molar-refractivity contribution in [3.05, 3.63) is 12.3 Å². The highest BCUT2D eigenvalue weighted by atomic mass is 15.1. The van der Waals surface area contributed by atoms with E-state index in [9.17, 15) is 0 Å². The highest BCUT2D eigenvalue weighted by molar-refractivity contribution is 4.93. The van der Waals surface area contributed by atoms with E-state index in [1.807, 2.05) is 0 Å². The van der Waals surface area contributed by atoms with Gasteiger partial charge in [0, 0.05) is 27.3 Å². The standard InChI is InChI=1S/C8H18N2.H2/c1-5-9-7-8(3)10(4)6-2;/h9H,3,5-7H2,1-2,4H3;1H. The second-order valence-corrected chi connectivity index (χ2v) is 2.36. The van der Waals surface area contributed by atoms with Crippen LogP contribution in [0.4, 0.5) is 0 Å². The SMILES string of the molecule is C=C(CNCC)N(C)CC.[HH]. The lowest BCUT2D eigenvalue weighted by atomic mass is 10.4. The fourth-order valence-electron chi connectivity index (χ4n) is 0.628. The molecule has 0 fully saturated rings. The van der Waals surface area contributed by atoms with Crippen molar-refractivity contribution in [3.63, 3.8) is 0 Å². The Bertz CT molecular complexity index is 104. The summed E-state index contributed by atoms with van der Waals surface area (Å²) >= 11 is 0. The molecule has 0 aliphatic rings. The summed E-state index contributed by atoms with van der Waals surface area (Å²) in [6.45, 7) is 11.1. The van der Waals surface area contributed by atoms with Crippen LogP contribution in [0.25, 0.3) is 0 Å². The minimum atomic E-state index is 0. The van der Waals surface area contributed by atoms with Gasteiger partial charge in [-0.3, -0.25) is 0 Å². The largest absolute Gasteiger partial charge is 0.378 e. The highest BCUT2D eigenvalue weighted by Gasteiger charge is 1.95. The van der Waals surface area contributed by atoms with Crippen molar-refractivity contribution < 1.29 is 1.43 Å². The molecule has 0 radical (unpaired) electrons. The van der Waals surface area contributed by atoms with Gasteiger partial charge in [0.15, 0.2) is 0 Å². The van der Waals surface area contributed by atoms with Crippen LogP contribution < -0.4 is 5.32 Å². The third-order valence-corrected chi connectivity index (χ3v) is 1.59. The van der Waals surface area contributed by atoms with Crippen LogP contribution in [-0.4, -0.2) is 31.6 Å². The molecule has 0 saturated carbocycles. The number of likely N-dealkylation sites (N-methyl/N-ethyl adjacent to an activating group) is 2. The second-order valence-electron chi connectivity index (χ2n) is 2.36. The first kappa shape index (κ1) is 9.50. The molecule has 0 unspecified atom stereocenters. The Balaban J connectivity index is 0. The first-order valence-corrected chi connectivity index (χ1v) is 3.82. The molecule has 2 heteroatoms. The minimum absolute atomic E-state index is 0. The van der Waals surface area contributed by atoms with Crippen molar-refractivity contribution in [3.8, 4) is 0 Å². The fraction of sp³-hybridized carbons (Fsp3) is 0.750. The van der Waals surface area contributed by atoms with Crippen LogP contribution in [0.2, 0.25) is 0 Å². The minimum Gasteiger partial charge on any atom is -0.378 e. The van der Waals surface area contributed by atoms with Gasteiger partial charge in [-0.1, -0.05) is 13.5 Å². The molecule has 0 amide bonds. The number of hydrogen-bond donors (Lipinski definition) is 1. The molecule has 0 rings (SSSR count). The third kappa shape index (κ3) is 3.51. The Morgan fingerprint density at radius 2 is 2.20 bits per heavy atom. The van der Waals surface area contributed by atoms with Gasteiger partial charge in [-0.25, -0.2) is 0 Å². The van der Waals surface area contributed by atoms with Gasteiger partial charge in [-0.2, -0.15) is 0 Å². The van der Waals surface area contributed by atoms with Crippen LogP contribution in [0.1, 0.15) is 15.3 Å². The van der Waals surface area contributed by atoms with E-state index in [1.165, 1.54) is 0 Å². The van der Waals surface area contributed by atoms with E-state index >= 15 is 0 Å². The molecular formula is C8H20N2. The van der Waals surface area contributed by atoms with Crippen molar-refractivity contribution in [2.24, 2.45) is 0 Å². The summed E-state index contributed by atoms with van der Waals surface area (Å²) in [5.74, 6) is 0. The molecule has 1 N–H and O–H groups in total. The zero-order valence-electron chi connectivity index (χ0n) is 7.28. The van der Waals surface area contributed by atoms with Gasteiger partial charge >= 0.3 is 0 Å². The summed E-state index contributed by atoms with van der Waals surface area (Å²) in [4.78, 5) is 2.14. The van der Waals surface area contributed by atoms with Crippen molar-refractivity contribution >= 4 is 0 Å². The smallest absolute Gasteiger partial charge is 0.0349 e. The van der Waals surface area contributed by atoms with Crippen LogP contribution in [0, 0.1) is 0 Å². The number of rotatable bonds is 5. The van der Waals surface area contributed by atoms with E-state index < -0.39 is 0 Å². The zero-order valence-corrected chi connectivity index (χ0v) is 7.28. The molecular weight excluding hydrogens is 124 g/mol. The van der Waals surface area contributed by atoms with E-state index in [2.05, 4.69) is 37.7 Å². The predicted octanol–water partition coefficient (Wildman–Crippen LogP) is 1.31. The lowest BCUT2D eigenvalue weighted by Gasteiger charge is -2.19. The summed E-state index contributed by atoms with van der Waals surface area (Å²) in [6, 6.07) is 0. The second kappa shape index (κ2) is 5.30. The Morgan fingerprint density at radius 1 is 1.60 bits per heavy atom. The van der Waals surface area contributed by atoms with Crippen LogP contribution >= 0.6 is 0 Å². The highest BCUT2D eigenvalue weighted by Crippen LogP contribution is 1.93. The molecule has 0 saturated heterocycles. The zero-order chi connectivity index (χ0) is 7.98. The van der Waals surface area contributed by atoms with Crippen LogP contribution in [0.3, 0.4) is 0 Å². The maximum absolute atomic E-state index is 3.93. The summed E-state index contributed by atoms with van der Waals surface area (Å²) < 4.78 is 0. The molecule has 0 aliphatic heterocycles. The van der Waals surface area contributed by atoms with E-state index in [1.54, 1.807) is 0 Å². The van der Waals surface area contributed by atoms with Gasteiger partial charge in [-0.15, -0.1) is 0 Å². The van der Waals surface area contributed by atoms with Gasteiger partial charge in [0.2, 0.25) is 0 Å². The van der Waals surface area contributed by atoms with E-state index in [0.717, 1.165) is 25.3 Å². The van der Waals surface area contributed by atoms with Crippen molar-refractivity contribution in [2.45, 2.75) is 13.8 Å². The number of hydrogen-bond acceptors (Lipinski definition) is 2. The van der Waals surface area contributed by atoms with Crippen LogP contribution in [0.5, 0.6) is 0 Å². The normalized spacial score (nSPS) is 9.50. The molecule has 0 aliphatic carbocycles. The van der Waals surface area contributed by atoms with Gasteiger partial charge in [0.05, 0.1) is 0 Å². The molecule has 0 aromatic heterocycles. The van der Waals surface area contributed by atoms with Crippen molar-refractivity contribution in [1.82, 2.24) is 10.2 Å². The van der Waals surface area contributed by atoms with E-state index in [4.69, 9.17) is 0 Å². The molecule has 0 atom stereocenters. The Hall–Kier alpha value is -0.500. The molecule has 0 aromatic rings. The molecule has 0 heterocycles. The van der Waals surface area contributed by atoms with E-state index in [-0.39, 0.29) is 1.43 Å². The molecule has 0 aromatic carbocycles. The topological polar surface area (TPSA) is 15.3 Å². The Morgan fingerprint density at radius 3 is 2.60 bits per heavy atom. The van der Waals surface area contributed by atoms with Gasteiger partial charge < -0.3 is 10.2 Å². The summed E-state index contributed by atoms with van der Waals surface area (Å²) in [5, 5.41) is 3.22. The average molecular weight is 144 g/mol. The van der Waals surface area contributed by atoms with Crippen LogP contribution in [0.15, 0.2) is 12.3 Å². The molecule has 62 valence electrons. The molecule has 2 nitrogen and oxygen atoms in total. The molecule has 10 heavy (non-hydrogen) atoms. The molecule has 0 spiro atoms. The van der Waals surface area contributed by atoms with Crippen molar-refractivity contribution in [2.75, 3.05) is 26.7 Å². The first-order valence-electron chi connectivity index (χ1n) is 3.82. The summed E-state index contributed by atoms with van der Waals surface area (Å²) in [7, 11) is 2.06. The maximum atomic E-state index is 3.93. The van der Waals surface area contributed by atoms with Gasteiger partial charge in [0.25, 0.3) is 0 Å². The third-order valence-electron chi connectivity index (χ3n) is 1.59. The molecule has 0 bridgehead atoms. The quantitative estimate of drug-likeness (QED) is 0.626. The summed E-state index contributed by atoms with van der Waals surface area (Å²) in [5.41, 5.74) is 1.16. The van der Waals surface area contributed by atoms with Crippen molar-refractivity contribution in [1.29, 1.82) is 0 Å². The van der Waals surface area contributed by atoms with Gasteiger partial charge in [-0.05, 0) is 13.5 Å². The average Bonchev–Trinajstić information content (AvgIpc) is 1.98. The number of nitrogens with zero attached hydrogens (tertiary/aromatic N) is 1. The van der Waals surface area contributed by atoms with Gasteiger partial charge in [0.1, 0.15) is 0 Å². The number of nitrogens with one attached hydrogen (secondary N) is 1. The fourth-order valence-corrected chi connectivity index (χ4v) is 0.628. The monoisotopic (exact) mass is 144 g/mol.